The van der Waals surface area contributed by atoms with Gasteiger partial charge in [0, 0.05) is 6.04 Å². The van der Waals surface area contributed by atoms with Gasteiger partial charge in [-0.15, -0.1) is 12.4 Å². The van der Waals surface area contributed by atoms with Gasteiger partial charge in [0.15, 0.2) is 0 Å². The Morgan fingerprint density at radius 1 is 1.43 bits per heavy atom. The summed E-state index contributed by atoms with van der Waals surface area (Å²) in [4.78, 5) is 0. The van der Waals surface area contributed by atoms with E-state index in [4.69, 9.17) is 5.73 Å². The summed E-state index contributed by atoms with van der Waals surface area (Å²) in [5.74, 6) is 0.439. The lowest BCUT2D eigenvalue weighted by Crippen LogP contribution is -2.14. The first-order valence-electron chi connectivity index (χ1n) is 4.70. The smallest absolute Gasteiger partial charge is 0.126 e. The van der Waals surface area contributed by atoms with Crippen LogP contribution in [0.15, 0.2) is 18.2 Å². The fourth-order valence-electron chi connectivity index (χ4n) is 1.69. The van der Waals surface area contributed by atoms with Crippen LogP contribution in [0.25, 0.3) is 0 Å². The first kappa shape index (κ1) is 11.5. The van der Waals surface area contributed by atoms with Gasteiger partial charge in [0.05, 0.1) is 0 Å². The fourth-order valence-corrected chi connectivity index (χ4v) is 1.69. The second kappa shape index (κ2) is 4.28. The van der Waals surface area contributed by atoms with Crippen LogP contribution in [0.2, 0.25) is 0 Å². The van der Waals surface area contributed by atoms with Gasteiger partial charge in [-0.25, -0.2) is 4.39 Å². The van der Waals surface area contributed by atoms with E-state index in [2.05, 4.69) is 0 Å². The van der Waals surface area contributed by atoms with Crippen LogP contribution in [0.5, 0.6) is 0 Å². The van der Waals surface area contributed by atoms with Crippen LogP contribution in [0.4, 0.5) is 4.39 Å². The Labute approximate surface area is 89.9 Å². The molecule has 1 aliphatic carbocycles. The second-order valence-corrected chi connectivity index (χ2v) is 3.82. The highest BCUT2D eigenvalue weighted by atomic mass is 35.5. The minimum Gasteiger partial charge on any atom is -0.324 e. The molecule has 0 heterocycles. The molecule has 1 aromatic rings. The van der Waals surface area contributed by atoms with Crippen LogP contribution in [0, 0.1) is 18.7 Å². The van der Waals surface area contributed by atoms with Crippen molar-refractivity contribution < 1.29 is 4.39 Å². The largest absolute Gasteiger partial charge is 0.324 e. The van der Waals surface area contributed by atoms with E-state index in [9.17, 15) is 4.39 Å². The highest BCUT2D eigenvalue weighted by molar-refractivity contribution is 5.85. The van der Waals surface area contributed by atoms with E-state index in [1.807, 2.05) is 6.07 Å². The van der Waals surface area contributed by atoms with E-state index >= 15 is 0 Å². The first-order valence-corrected chi connectivity index (χ1v) is 4.70. The van der Waals surface area contributed by atoms with Crippen molar-refractivity contribution in [3.63, 3.8) is 0 Å². The third-order valence-electron chi connectivity index (χ3n) is 2.80. The molecular weight excluding hydrogens is 201 g/mol. The predicted molar refractivity (Wildman–Crippen MR) is 58.0 cm³/mol. The lowest BCUT2D eigenvalue weighted by molar-refractivity contribution is 0.590. The molecule has 3 heteroatoms. The molecule has 78 valence electrons. The standard InChI is InChI=1S/C11H14FN.ClH/c1-7-9(3-2-4-10(7)12)11(13)8-5-6-8;/h2-4,8,11H,5-6,13H2,1H3;1H/t11-;/m1./s1. The molecule has 1 fully saturated rings. The lowest BCUT2D eigenvalue weighted by atomic mass is 9.98. The van der Waals surface area contributed by atoms with Gasteiger partial charge in [0.25, 0.3) is 0 Å². The molecular formula is C11H15ClFN. The van der Waals surface area contributed by atoms with Crippen molar-refractivity contribution in [2.75, 3.05) is 0 Å². The van der Waals surface area contributed by atoms with E-state index in [0.717, 1.165) is 5.56 Å². The molecule has 1 nitrogen and oxygen atoms in total. The van der Waals surface area contributed by atoms with Crippen LogP contribution in [0.3, 0.4) is 0 Å². The van der Waals surface area contributed by atoms with Gasteiger partial charge >= 0.3 is 0 Å². The third-order valence-corrected chi connectivity index (χ3v) is 2.80. The Balaban J connectivity index is 0.000000980. The third kappa shape index (κ3) is 2.07. The number of rotatable bonds is 2. The van der Waals surface area contributed by atoms with E-state index in [1.165, 1.54) is 18.9 Å². The molecule has 2 N–H and O–H groups in total. The zero-order valence-corrected chi connectivity index (χ0v) is 8.98. The fraction of sp³-hybridized carbons (Fsp3) is 0.455. The van der Waals surface area contributed by atoms with Crippen molar-refractivity contribution in [1.82, 2.24) is 0 Å². The van der Waals surface area contributed by atoms with E-state index in [1.54, 1.807) is 13.0 Å². The lowest BCUT2D eigenvalue weighted by Gasteiger charge is -2.13. The summed E-state index contributed by atoms with van der Waals surface area (Å²) >= 11 is 0. The molecule has 0 radical (unpaired) electrons. The van der Waals surface area contributed by atoms with Crippen LogP contribution >= 0.6 is 12.4 Å². The molecule has 0 aliphatic heterocycles. The molecule has 0 amide bonds. The Hall–Kier alpha value is -0.600. The van der Waals surface area contributed by atoms with Gasteiger partial charge in [0.1, 0.15) is 5.82 Å². The van der Waals surface area contributed by atoms with Gasteiger partial charge in [-0.05, 0) is 42.9 Å². The summed E-state index contributed by atoms with van der Waals surface area (Å²) in [5, 5.41) is 0. The van der Waals surface area contributed by atoms with Gasteiger partial charge < -0.3 is 5.73 Å². The minimum atomic E-state index is -0.145. The summed E-state index contributed by atoms with van der Waals surface area (Å²) in [5.41, 5.74) is 7.69. The maximum absolute atomic E-state index is 13.2. The van der Waals surface area contributed by atoms with Crippen molar-refractivity contribution in [3.8, 4) is 0 Å². The van der Waals surface area contributed by atoms with Gasteiger partial charge in [0.2, 0.25) is 0 Å². The van der Waals surface area contributed by atoms with E-state index in [-0.39, 0.29) is 24.3 Å². The Morgan fingerprint density at radius 2 is 2.07 bits per heavy atom. The molecule has 0 aromatic heterocycles. The van der Waals surface area contributed by atoms with Crippen LogP contribution in [0.1, 0.15) is 30.0 Å². The zero-order valence-electron chi connectivity index (χ0n) is 8.16. The van der Waals surface area contributed by atoms with Crippen molar-refractivity contribution >= 4 is 12.4 Å². The molecule has 1 atom stereocenters. The summed E-state index contributed by atoms with van der Waals surface area (Å²) in [7, 11) is 0. The zero-order chi connectivity index (χ0) is 9.42. The van der Waals surface area contributed by atoms with Crippen LogP contribution < -0.4 is 5.73 Å². The number of hydrogen-bond acceptors (Lipinski definition) is 1. The van der Waals surface area contributed by atoms with Crippen molar-refractivity contribution in [2.24, 2.45) is 11.7 Å². The highest BCUT2D eigenvalue weighted by Gasteiger charge is 2.30. The van der Waals surface area contributed by atoms with E-state index < -0.39 is 0 Å². The highest BCUT2D eigenvalue weighted by Crippen LogP contribution is 2.40. The second-order valence-electron chi connectivity index (χ2n) is 3.82. The van der Waals surface area contributed by atoms with Crippen LogP contribution in [-0.2, 0) is 0 Å². The number of halogens is 2. The number of nitrogens with two attached hydrogens (primary N) is 1. The quantitative estimate of drug-likeness (QED) is 0.807. The first-order chi connectivity index (χ1) is 6.20. The Kier molecular flexibility index (Phi) is 3.51. The molecule has 0 saturated heterocycles. The molecule has 0 spiro atoms. The van der Waals surface area contributed by atoms with E-state index in [0.29, 0.717) is 11.5 Å². The predicted octanol–water partition coefficient (Wildman–Crippen LogP) is 2.97. The summed E-state index contributed by atoms with van der Waals surface area (Å²) in [6, 6.07) is 5.19. The van der Waals surface area contributed by atoms with Crippen LogP contribution in [-0.4, -0.2) is 0 Å². The molecule has 0 bridgehead atoms. The Bertz CT molecular complexity index is 323. The topological polar surface area (TPSA) is 26.0 Å². The minimum absolute atomic E-state index is 0. The molecule has 2 rings (SSSR count). The molecule has 1 saturated carbocycles. The Morgan fingerprint density at radius 3 is 2.64 bits per heavy atom. The molecule has 1 aromatic carbocycles. The summed E-state index contributed by atoms with van der Waals surface area (Å²) in [6.07, 6.45) is 2.38. The van der Waals surface area contributed by atoms with Crippen molar-refractivity contribution in [2.45, 2.75) is 25.8 Å². The normalized spacial score (nSPS) is 17.4. The van der Waals surface area contributed by atoms with Gasteiger partial charge in [-0.2, -0.15) is 0 Å². The average Bonchev–Trinajstić information content (AvgIpc) is 2.91. The van der Waals surface area contributed by atoms with Gasteiger partial charge in [-0.3, -0.25) is 0 Å². The maximum atomic E-state index is 13.2. The monoisotopic (exact) mass is 215 g/mol. The molecule has 1 aliphatic rings. The maximum Gasteiger partial charge on any atom is 0.126 e. The van der Waals surface area contributed by atoms with Gasteiger partial charge in [-0.1, -0.05) is 12.1 Å². The molecule has 14 heavy (non-hydrogen) atoms. The SMILES string of the molecule is Cc1c(F)cccc1[C@H](N)C1CC1.Cl. The average molecular weight is 216 g/mol. The number of benzene rings is 1. The number of hydrogen-bond donors (Lipinski definition) is 1. The van der Waals surface area contributed by atoms with Crippen molar-refractivity contribution in [1.29, 1.82) is 0 Å². The van der Waals surface area contributed by atoms with Crippen molar-refractivity contribution in [3.05, 3.63) is 35.1 Å². The molecule has 0 unspecified atom stereocenters. The summed E-state index contributed by atoms with van der Waals surface area (Å²) in [6.45, 7) is 1.80. The summed E-state index contributed by atoms with van der Waals surface area (Å²) < 4.78 is 13.2.